The highest BCUT2D eigenvalue weighted by molar-refractivity contribution is 7.15. The smallest absolute Gasteiger partial charge is 0.323 e. The Balaban J connectivity index is 1.78. The average molecular weight is 312 g/mol. The first-order valence-corrected chi connectivity index (χ1v) is 7.69. The molecule has 1 saturated heterocycles. The topological polar surface area (TPSA) is 76.6 Å². The first-order chi connectivity index (χ1) is 10.2. The standard InChI is InChI=1S/C13H20N4O3S/c1-3-4-5-6-10-15-16-12(21-10)14-13(18)17(2)9-11-19-7-8-20-11/h3-4,11H,5-9H2,1-2H3,(H,14,16,18). The maximum atomic E-state index is 12.0. The first kappa shape index (κ1) is 15.9. The molecule has 7 nitrogen and oxygen atoms in total. The molecule has 1 N–H and O–H groups in total. The summed E-state index contributed by atoms with van der Waals surface area (Å²) in [7, 11) is 1.69. The highest BCUT2D eigenvalue weighted by atomic mass is 32.1. The quantitative estimate of drug-likeness (QED) is 0.812. The number of hydrogen-bond acceptors (Lipinski definition) is 6. The van der Waals surface area contributed by atoms with Crippen LogP contribution >= 0.6 is 11.3 Å². The van der Waals surface area contributed by atoms with Gasteiger partial charge >= 0.3 is 6.03 Å². The Morgan fingerprint density at radius 3 is 2.95 bits per heavy atom. The van der Waals surface area contributed by atoms with Gasteiger partial charge in [0.15, 0.2) is 6.29 Å². The number of urea groups is 1. The van der Waals surface area contributed by atoms with E-state index in [2.05, 4.69) is 21.6 Å². The molecule has 0 unspecified atom stereocenters. The summed E-state index contributed by atoms with van der Waals surface area (Å²) in [4.78, 5) is 13.5. The maximum Gasteiger partial charge on any atom is 0.323 e. The summed E-state index contributed by atoms with van der Waals surface area (Å²) in [5.41, 5.74) is 0. The number of ether oxygens (including phenoxy) is 2. The van der Waals surface area contributed by atoms with Gasteiger partial charge in [0.05, 0.1) is 19.8 Å². The normalized spacial score (nSPS) is 15.7. The number of aromatic nitrogens is 2. The summed E-state index contributed by atoms with van der Waals surface area (Å²) < 4.78 is 10.6. The van der Waals surface area contributed by atoms with E-state index in [4.69, 9.17) is 9.47 Å². The molecule has 1 fully saturated rings. The number of allylic oxidation sites excluding steroid dienone is 2. The Bertz CT molecular complexity index is 486. The zero-order valence-corrected chi connectivity index (χ0v) is 13.1. The molecule has 2 heterocycles. The highest BCUT2D eigenvalue weighted by Crippen LogP contribution is 2.17. The first-order valence-electron chi connectivity index (χ1n) is 6.88. The van der Waals surface area contributed by atoms with Crippen molar-refractivity contribution in [3.8, 4) is 0 Å². The fourth-order valence-electron chi connectivity index (χ4n) is 1.78. The number of nitrogens with one attached hydrogen (secondary N) is 1. The molecule has 21 heavy (non-hydrogen) atoms. The van der Waals surface area contributed by atoms with Crippen LogP contribution in [-0.2, 0) is 15.9 Å². The number of nitrogens with zero attached hydrogens (tertiary/aromatic N) is 3. The Morgan fingerprint density at radius 1 is 1.48 bits per heavy atom. The van der Waals surface area contributed by atoms with Gasteiger partial charge in [-0.3, -0.25) is 5.32 Å². The number of carbonyl (C=O) groups is 1. The fraction of sp³-hybridized carbons (Fsp3) is 0.615. The average Bonchev–Trinajstić information content (AvgIpc) is 3.11. The van der Waals surface area contributed by atoms with Crippen molar-refractivity contribution < 1.29 is 14.3 Å². The second-order valence-corrected chi connectivity index (χ2v) is 5.65. The molecule has 0 bridgehead atoms. The summed E-state index contributed by atoms with van der Waals surface area (Å²) >= 11 is 1.39. The summed E-state index contributed by atoms with van der Waals surface area (Å²) in [6, 6.07) is -0.245. The van der Waals surface area contributed by atoms with E-state index in [9.17, 15) is 4.79 Å². The van der Waals surface area contributed by atoms with Crippen molar-refractivity contribution in [1.29, 1.82) is 0 Å². The zero-order chi connectivity index (χ0) is 15.1. The molecule has 0 aliphatic carbocycles. The van der Waals surface area contributed by atoms with Crippen LogP contribution in [0.1, 0.15) is 18.4 Å². The molecular formula is C13H20N4O3S. The lowest BCUT2D eigenvalue weighted by atomic mass is 10.3. The van der Waals surface area contributed by atoms with Gasteiger partial charge in [-0.05, 0) is 13.3 Å². The number of aryl methyl sites for hydroxylation is 1. The van der Waals surface area contributed by atoms with Gasteiger partial charge in [0.2, 0.25) is 5.13 Å². The van der Waals surface area contributed by atoms with E-state index in [1.54, 1.807) is 7.05 Å². The molecule has 0 spiro atoms. The van der Waals surface area contributed by atoms with Crippen LogP contribution in [0, 0.1) is 0 Å². The molecule has 1 aromatic heterocycles. The third kappa shape index (κ3) is 5.07. The van der Waals surface area contributed by atoms with Crippen molar-refractivity contribution in [3.05, 3.63) is 17.2 Å². The van der Waals surface area contributed by atoms with Gasteiger partial charge in [-0.25, -0.2) is 4.79 Å². The van der Waals surface area contributed by atoms with Gasteiger partial charge < -0.3 is 14.4 Å². The Morgan fingerprint density at radius 2 is 2.24 bits per heavy atom. The van der Waals surface area contributed by atoms with Crippen molar-refractivity contribution in [2.24, 2.45) is 0 Å². The van der Waals surface area contributed by atoms with Gasteiger partial charge in [0.25, 0.3) is 0 Å². The molecule has 116 valence electrons. The Labute approximate surface area is 127 Å². The summed E-state index contributed by atoms with van der Waals surface area (Å²) in [6.45, 7) is 3.52. The van der Waals surface area contributed by atoms with Gasteiger partial charge in [0.1, 0.15) is 5.01 Å². The number of amides is 2. The molecule has 1 aliphatic rings. The third-order valence-electron chi connectivity index (χ3n) is 2.90. The number of likely N-dealkylation sites (N-methyl/N-ethyl adjacent to an activating group) is 1. The van der Waals surface area contributed by atoms with E-state index in [1.807, 2.05) is 13.0 Å². The molecule has 0 saturated carbocycles. The van der Waals surface area contributed by atoms with Crippen molar-refractivity contribution >= 4 is 22.5 Å². The van der Waals surface area contributed by atoms with E-state index >= 15 is 0 Å². The monoisotopic (exact) mass is 312 g/mol. The molecule has 1 aliphatic heterocycles. The second-order valence-electron chi connectivity index (χ2n) is 4.59. The van der Waals surface area contributed by atoms with E-state index in [1.165, 1.54) is 16.2 Å². The number of anilines is 1. The summed E-state index contributed by atoms with van der Waals surface area (Å²) in [6.07, 6.45) is 5.50. The van der Waals surface area contributed by atoms with Crippen LogP contribution in [0.3, 0.4) is 0 Å². The summed E-state index contributed by atoms with van der Waals surface area (Å²) in [5.74, 6) is 0. The van der Waals surface area contributed by atoms with Gasteiger partial charge in [-0.2, -0.15) is 0 Å². The number of hydrogen-bond donors (Lipinski definition) is 1. The van der Waals surface area contributed by atoms with Gasteiger partial charge in [0, 0.05) is 13.5 Å². The van der Waals surface area contributed by atoms with Crippen LogP contribution in [0.2, 0.25) is 0 Å². The number of rotatable bonds is 6. The minimum absolute atomic E-state index is 0.245. The highest BCUT2D eigenvalue weighted by Gasteiger charge is 2.21. The SMILES string of the molecule is CC=CCCc1nnc(NC(=O)N(C)CC2OCCO2)s1. The van der Waals surface area contributed by atoms with Crippen molar-refractivity contribution in [3.63, 3.8) is 0 Å². The molecule has 0 radical (unpaired) electrons. The van der Waals surface area contributed by atoms with E-state index in [-0.39, 0.29) is 12.3 Å². The summed E-state index contributed by atoms with van der Waals surface area (Å²) in [5, 5.41) is 12.2. The molecule has 2 amide bonds. The second kappa shape index (κ2) is 8.06. The molecular weight excluding hydrogens is 292 g/mol. The van der Waals surface area contributed by atoms with E-state index in [0.717, 1.165) is 17.8 Å². The largest absolute Gasteiger partial charge is 0.348 e. The lowest BCUT2D eigenvalue weighted by Crippen LogP contribution is -2.37. The molecule has 1 aromatic rings. The molecule has 2 rings (SSSR count). The minimum atomic E-state index is -0.341. The molecule has 0 atom stereocenters. The van der Waals surface area contributed by atoms with Gasteiger partial charge in [-0.15, -0.1) is 10.2 Å². The van der Waals surface area contributed by atoms with E-state index in [0.29, 0.717) is 24.9 Å². The zero-order valence-electron chi connectivity index (χ0n) is 12.2. The lowest BCUT2D eigenvalue weighted by molar-refractivity contribution is -0.0518. The van der Waals surface area contributed by atoms with Crippen LogP contribution in [-0.4, -0.2) is 54.2 Å². The third-order valence-corrected chi connectivity index (χ3v) is 3.80. The van der Waals surface area contributed by atoms with Crippen molar-refractivity contribution in [2.75, 3.05) is 32.1 Å². The Hall–Kier alpha value is -1.51. The lowest BCUT2D eigenvalue weighted by Gasteiger charge is -2.19. The fourth-order valence-corrected chi connectivity index (χ4v) is 2.53. The van der Waals surface area contributed by atoms with Crippen molar-refractivity contribution in [2.45, 2.75) is 26.1 Å². The van der Waals surface area contributed by atoms with Crippen LogP contribution in [0.25, 0.3) is 0 Å². The molecule has 8 heteroatoms. The predicted molar refractivity (Wildman–Crippen MR) is 80.4 cm³/mol. The van der Waals surface area contributed by atoms with Crippen molar-refractivity contribution in [1.82, 2.24) is 15.1 Å². The van der Waals surface area contributed by atoms with E-state index < -0.39 is 0 Å². The number of carbonyl (C=O) groups excluding carboxylic acids is 1. The predicted octanol–water partition coefficient (Wildman–Crippen LogP) is 1.88. The maximum absolute atomic E-state index is 12.0. The van der Waals surface area contributed by atoms with Crippen LogP contribution in [0.15, 0.2) is 12.2 Å². The van der Waals surface area contributed by atoms with Crippen LogP contribution < -0.4 is 5.32 Å². The Kier molecular flexibility index (Phi) is 6.09. The van der Waals surface area contributed by atoms with Crippen LogP contribution in [0.5, 0.6) is 0 Å². The van der Waals surface area contributed by atoms with Crippen LogP contribution in [0.4, 0.5) is 9.93 Å². The minimum Gasteiger partial charge on any atom is -0.348 e. The molecule has 0 aromatic carbocycles. The van der Waals surface area contributed by atoms with Gasteiger partial charge in [-0.1, -0.05) is 23.5 Å².